The molecule has 0 radical (unpaired) electrons. The van der Waals surface area contributed by atoms with Crippen LogP contribution in [-0.4, -0.2) is 22.7 Å². The van der Waals surface area contributed by atoms with Crippen LogP contribution in [0.5, 0.6) is 17.4 Å². The van der Waals surface area contributed by atoms with Gasteiger partial charge in [0.2, 0.25) is 0 Å². The lowest BCUT2D eigenvalue weighted by Gasteiger charge is -2.12. The Morgan fingerprint density at radius 3 is 2.86 bits per heavy atom. The number of pyridine rings is 1. The van der Waals surface area contributed by atoms with Crippen LogP contribution >= 0.6 is 15.9 Å². The van der Waals surface area contributed by atoms with Crippen molar-refractivity contribution >= 4 is 21.9 Å². The van der Waals surface area contributed by atoms with E-state index in [2.05, 4.69) is 20.9 Å². The van der Waals surface area contributed by atoms with Crippen molar-refractivity contribution in [3.05, 3.63) is 46.6 Å². The maximum absolute atomic E-state index is 11.3. The Hall–Kier alpha value is -2.08. The lowest BCUT2D eigenvalue weighted by Crippen LogP contribution is -2.02. The average Bonchev–Trinajstić information content (AvgIpc) is 2.48. The normalized spacial score (nSPS) is 10.2. The van der Waals surface area contributed by atoms with Crippen molar-refractivity contribution < 1.29 is 19.4 Å². The summed E-state index contributed by atoms with van der Waals surface area (Å²) in [5, 5.41) is 9.23. The highest BCUT2D eigenvalue weighted by Gasteiger charge is 2.15. The topological polar surface area (TPSA) is 68.7 Å². The number of aromatic carboxylic acids is 1. The highest BCUT2D eigenvalue weighted by atomic mass is 79.9. The van der Waals surface area contributed by atoms with Crippen molar-refractivity contribution in [2.75, 3.05) is 6.61 Å². The minimum atomic E-state index is -1.07. The fourth-order valence-corrected chi connectivity index (χ4v) is 2.00. The van der Waals surface area contributed by atoms with E-state index in [1.807, 2.05) is 6.92 Å². The van der Waals surface area contributed by atoms with Gasteiger partial charge in [0.05, 0.1) is 6.61 Å². The lowest BCUT2D eigenvalue weighted by atomic mass is 10.2. The van der Waals surface area contributed by atoms with E-state index in [9.17, 15) is 9.90 Å². The summed E-state index contributed by atoms with van der Waals surface area (Å²) in [6, 6.07) is 8.23. The van der Waals surface area contributed by atoms with Gasteiger partial charge in [-0.2, -0.15) is 0 Å². The molecule has 1 heterocycles. The third kappa shape index (κ3) is 3.95. The van der Waals surface area contributed by atoms with Crippen molar-refractivity contribution in [3.63, 3.8) is 0 Å². The highest BCUT2D eigenvalue weighted by molar-refractivity contribution is 9.10. The molecule has 0 spiro atoms. The largest absolute Gasteiger partial charge is 0.488 e. The molecule has 21 heavy (non-hydrogen) atoms. The fourth-order valence-electron chi connectivity index (χ4n) is 1.64. The molecule has 5 nitrogen and oxygen atoms in total. The predicted octanol–water partition coefficient (Wildman–Crippen LogP) is 4.12. The van der Waals surface area contributed by atoms with E-state index in [1.165, 1.54) is 6.07 Å². The van der Waals surface area contributed by atoms with Gasteiger partial charge in [-0.15, -0.1) is 0 Å². The van der Waals surface area contributed by atoms with Crippen LogP contribution in [0.2, 0.25) is 0 Å². The first-order valence-electron chi connectivity index (χ1n) is 6.40. The van der Waals surface area contributed by atoms with Gasteiger partial charge < -0.3 is 14.6 Å². The molecule has 0 saturated heterocycles. The number of aromatic nitrogens is 1. The number of carboxylic acids is 1. The molecular formula is C15H14BrNO4. The SMILES string of the molecule is CCCOc1cccnc1Oc1ccc(Br)cc1C(=O)O. The molecule has 2 aromatic rings. The number of nitrogens with zero attached hydrogens (tertiary/aromatic N) is 1. The number of rotatable bonds is 6. The summed E-state index contributed by atoms with van der Waals surface area (Å²) < 4.78 is 11.8. The molecule has 0 unspecified atom stereocenters. The summed E-state index contributed by atoms with van der Waals surface area (Å²) in [5.41, 5.74) is 0.0523. The van der Waals surface area contributed by atoms with Crippen LogP contribution < -0.4 is 9.47 Å². The highest BCUT2D eigenvalue weighted by Crippen LogP contribution is 2.32. The molecule has 0 amide bonds. The Balaban J connectivity index is 2.32. The van der Waals surface area contributed by atoms with Gasteiger partial charge in [-0.05, 0) is 36.8 Å². The molecule has 0 saturated carbocycles. The molecule has 0 aliphatic rings. The summed E-state index contributed by atoms with van der Waals surface area (Å²) in [6.45, 7) is 2.53. The van der Waals surface area contributed by atoms with Crippen LogP contribution in [0.25, 0.3) is 0 Å². The molecule has 1 aromatic heterocycles. The van der Waals surface area contributed by atoms with Gasteiger partial charge in [0.1, 0.15) is 11.3 Å². The molecule has 1 aromatic carbocycles. The molecule has 0 aliphatic carbocycles. The number of hydrogen-bond acceptors (Lipinski definition) is 4. The smallest absolute Gasteiger partial charge is 0.339 e. The van der Waals surface area contributed by atoms with Gasteiger partial charge in [0.25, 0.3) is 5.88 Å². The zero-order valence-electron chi connectivity index (χ0n) is 11.4. The van der Waals surface area contributed by atoms with Crippen LogP contribution in [-0.2, 0) is 0 Å². The van der Waals surface area contributed by atoms with Crippen molar-refractivity contribution in [1.29, 1.82) is 0 Å². The van der Waals surface area contributed by atoms with E-state index in [0.29, 0.717) is 16.8 Å². The van der Waals surface area contributed by atoms with Crippen LogP contribution in [0.4, 0.5) is 0 Å². The molecule has 0 aliphatic heterocycles. The Morgan fingerprint density at radius 2 is 2.14 bits per heavy atom. The summed E-state index contributed by atoms with van der Waals surface area (Å²) in [7, 11) is 0. The third-order valence-corrected chi connectivity index (χ3v) is 3.07. The monoisotopic (exact) mass is 351 g/mol. The number of benzene rings is 1. The summed E-state index contributed by atoms with van der Waals surface area (Å²) >= 11 is 3.24. The first kappa shape index (κ1) is 15.3. The van der Waals surface area contributed by atoms with E-state index in [4.69, 9.17) is 9.47 Å². The number of carbonyl (C=O) groups is 1. The molecule has 6 heteroatoms. The molecule has 0 fully saturated rings. The minimum absolute atomic E-state index is 0.0523. The van der Waals surface area contributed by atoms with Gasteiger partial charge in [0, 0.05) is 10.7 Å². The van der Waals surface area contributed by atoms with Crippen molar-refractivity contribution in [2.24, 2.45) is 0 Å². The second-order valence-electron chi connectivity index (χ2n) is 4.20. The molecule has 1 N–H and O–H groups in total. The zero-order valence-corrected chi connectivity index (χ0v) is 13.0. The first-order valence-corrected chi connectivity index (χ1v) is 7.19. The van der Waals surface area contributed by atoms with Gasteiger partial charge in [-0.1, -0.05) is 22.9 Å². The van der Waals surface area contributed by atoms with E-state index in [-0.39, 0.29) is 17.2 Å². The van der Waals surface area contributed by atoms with Crippen LogP contribution in [0.3, 0.4) is 0 Å². The van der Waals surface area contributed by atoms with Crippen LogP contribution in [0, 0.1) is 0 Å². The van der Waals surface area contributed by atoms with E-state index in [1.54, 1.807) is 30.5 Å². The Labute approximate surface area is 130 Å². The van der Waals surface area contributed by atoms with Crippen molar-refractivity contribution in [1.82, 2.24) is 4.98 Å². The maximum Gasteiger partial charge on any atom is 0.339 e. The van der Waals surface area contributed by atoms with Gasteiger partial charge >= 0.3 is 5.97 Å². The van der Waals surface area contributed by atoms with Gasteiger partial charge in [-0.3, -0.25) is 0 Å². The van der Waals surface area contributed by atoms with Crippen LogP contribution in [0.15, 0.2) is 41.0 Å². The molecule has 0 bridgehead atoms. The zero-order chi connectivity index (χ0) is 15.2. The molecular weight excluding hydrogens is 338 g/mol. The number of halogens is 1. The first-order chi connectivity index (χ1) is 10.1. The van der Waals surface area contributed by atoms with E-state index in [0.717, 1.165) is 6.42 Å². The fraction of sp³-hybridized carbons (Fsp3) is 0.200. The number of hydrogen-bond donors (Lipinski definition) is 1. The average molecular weight is 352 g/mol. The molecule has 2 rings (SSSR count). The van der Waals surface area contributed by atoms with Crippen molar-refractivity contribution in [2.45, 2.75) is 13.3 Å². The Morgan fingerprint density at radius 1 is 1.33 bits per heavy atom. The lowest BCUT2D eigenvalue weighted by molar-refractivity contribution is 0.0694. The molecule has 110 valence electrons. The second-order valence-corrected chi connectivity index (χ2v) is 5.12. The van der Waals surface area contributed by atoms with Crippen molar-refractivity contribution in [3.8, 4) is 17.4 Å². The third-order valence-electron chi connectivity index (χ3n) is 2.58. The second kappa shape index (κ2) is 7.08. The van der Waals surface area contributed by atoms with E-state index < -0.39 is 5.97 Å². The predicted molar refractivity (Wildman–Crippen MR) is 81.2 cm³/mol. The minimum Gasteiger partial charge on any atom is -0.488 e. The number of carboxylic acid groups (broad SMARTS) is 1. The van der Waals surface area contributed by atoms with E-state index >= 15 is 0 Å². The maximum atomic E-state index is 11.3. The quantitative estimate of drug-likeness (QED) is 0.847. The van der Waals surface area contributed by atoms with Gasteiger partial charge in [-0.25, -0.2) is 9.78 Å². The Kier molecular flexibility index (Phi) is 5.16. The Bertz CT molecular complexity index is 645. The van der Waals surface area contributed by atoms with Crippen LogP contribution in [0.1, 0.15) is 23.7 Å². The van der Waals surface area contributed by atoms with Gasteiger partial charge in [0.15, 0.2) is 5.75 Å². The standard InChI is InChI=1S/C15H14BrNO4/c1-2-8-20-13-4-3-7-17-14(13)21-12-6-5-10(16)9-11(12)15(18)19/h3-7,9H,2,8H2,1H3,(H,18,19). The summed E-state index contributed by atoms with van der Waals surface area (Å²) in [4.78, 5) is 15.4. The summed E-state index contributed by atoms with van der Waals surface area (Å²) in [6.07, 6.45) is 2.42. The summed E-state index contributed by atoms with van der Waals surface area (Å²) in [5.74, 6) is -0.126. The number of ether oxygens (including phenoxy) is 2. The molecule has 0 atom stereocenters.